The molecule has 6 heteroatoms. The first-order chi connectivity index (χ1) is 8.66. The van der Waals surface area contributed by atoms with Crippen LogP contribution >= 0.6 is 35.2 Å². The molecule has 0 aliphatic carbocycles. The topological polar surface area (TPSA) is 33.6 Å². The smallest absolute Gasteiger partial charge is 0.178 e. The lowest BCUT2D eigenvalue weighted by Crippen LogP contribution is -2.06. The first kappa shape index (κ1) is 11.9. The minimum absolute atomic E-state index is 0.102. The van der Waals surface area contributed by atoms with Gasteiger partial charge in [0.05, 0.1) is 17.1 Å². The molecule has 2 heterocycles. The zero-order chi connectivity index (χ0) is 12.7. The fourth-order valence-corrected chi connectivity index (χ4v) is 3.25. The van der Waals surface area contributed by atoms with Gasteiger partial charge in [-0.15, -0.1) is 11.3 Å². The van der Waals surface area contributed by atoms with E-state index in [4.69, 9.17) is 23.8 Å². The number of rotatable bonds is 2. The van der Waals surface area contributed by atoms with Crippen LogP contribution in [-0.4, -0.2) is 14.5 Å². The van der Waals surface area contributed by atoms with Crippen molar-refractivity contribution >= 4 is 46.2 Å². The summed E-state index contributed by atoms with van der Waals surface area (Å²) < 4.78 is 2.74. The van der Waals surface area contributed by atoms with Crippen LogP contribution in [-0.2, 0) is 0 Å². The normalized spacial score (nSPS) is 13.0. The molecule has 1 aromatic carbocycles. The van der Waals surface area contributed by atoms with Gasteiger partial charge in [0, 0.05) is 16.6 Å². The second-order valence-corrected chi connectivity index (χ2v) is 5.76. The van der Waals surface area contributed by atoms with Crippen molar-refractivity contribution in [1.29, 1.82) is 0 Å². The van der Waals surface area contributed by atoms with Gasteiger partial charge in [0.25, 0.3) is 0 Å². The number of halogens is 1. The molecule has 0 amide bonds. The highest BCUT2D eigenvalue weighted by Crippen LogP contribution is 2.27. The second kappa shape index (κ2) is 4.50. The maximum atomic E-state index is 6.06. The maximum Gasteiger partial charge on any atom is 0.178 e. The standard InChI is InChI=1S/C12H10ClN3S2/c1-7(11-14-4-5-18-11)16-10-6-8(13)2-3-9(10)15-12(16)17/h2-7H,1H3,(H,15,17). The number of nitrogens with one attached hydrogen (secondary N) is 1. The van der Waals surface area contributed by atoms with Crippen molar-refractivity contribution in [2.45, 2.75) is 13.0 Å². The van der Waals surface area contributed by atoms with E-state index in [2.05, 4.69) is 21.5 Å². The molecule has 18 heavy (non-hydrogen) atoms. The highest BCUT2D eigenvalue weighted by Gasteiger charge is 2.15. The van der Waals surface area contributed by atoms with Gasteiger partial charge in [0.1, 0.15) is 5.01 Å². The number of imidazole rings is 1. The largest absolute Gasteiger partial charge is 0.331 e. The van der Waals surface area contributed by atoms with Gasteiger partial charge in [-0.3, -0.25) is 0 Å². The molecule has 3 aromatic rings. The molecule has 0 aliphatic rings. The van der Waals surface area contributed by atoms with Gasteiger partial charge in [-0.1, -0.05) is 11.6 Å². The lowest BCUT2D eigenvalue weighted by Gasteiger charge is -2.11. The van der Waals surface area contributed by atoms with E-state index < -0.39 is 0 Å². The summed E-state index contributed by atoms with van der Waals surface area (Å²) in [7, 11) is 0. The minimum Gasteiger partial charge on any atom is -0.331 e. The minimum atomic E-state index is 0.102. The third kappa shape index (κ3) is 1.88. The number of hydrogen-bond acceptors (Lipinski definition) is 3. The van der Waals surface area contributed by atoms with Crippen LogP contribution < -0.4 is 0 Å². The lowest BCUT2D eigenvalue weighted by molar-refractivity contribution is 0.645. The van der Waals surface area contributed by atoms with Crippen molar-refractivity contribution < 1.29 is 0 Å². The van der Waals surface area contributed by atoms with Crippen LogP contribution in [0.5, 0.6) is 0 Å². The zero-order valence-electron chi connectivity index (χ0n) is 9.55. The van der Waals surface area contributed by atoms with Crippen LogP contribution in [0, 0.1) is 4.77 Å². The zero-order valence-corrected chi connectivity index (χ0v) is 11.9. The summed E-state index contributed by atoms with van der Waals surface area (Å²) in [6, 6.07) is 5.82. The van der Waals surface area contributed by atoms with Gasteiger partial charge in [-0.2, -0.15) is 0 Å². The van der Waals surface area contributed by atoms with Crippen molar-refractivity contribution in [3.05, 3.63) is 44.6 Å². The Morgan fingerprint density at radius 1 is 1.50 bits per heavy atom. The monoisotopic (exact) mass is 295 g/mol. The Labute approximate surface area is 118 Å². The third-order valence-electron chi connectivity index (χ3n) is 2.88. The van der Waals surface area contributed by atoms with Crippen molar-refractivity contribution in [2.24, 2.45) is 0 Å². The van der Waals surface area contributed by atoms with Crippen LogP contribution in [0.4, 0.5) is 0 Å². The lowest BCUT2D eigenvalue weighted by atomic mass is 10.3. The van der Waals surface area contributed by atoms with Gasteiger partial charge in [-0.05, 0) is 37.3 Å². The maximum absolute atomic E-state index is 6.06. The first-order valence-electron chi connectivity index (χ1n) is 5.46. The molecule has 3 rings (SSSR count). The van der Waals surface area contributed by atoms with E-state index in [1.807, 2.05) is 29.8 Å². The quantitative estimate of drug-likeness (QED) is 0.710. The summed E-state index contributed by atoms with van der Waals surface area (Å²) in [4.78, 5) is 7.54. The summed E-state index contributed by atoms with van der Waals surface area (Å²) in [5, 5.41) is 3.71. The number of hydrogen-bond donors (Lipinski definition) is 1. The molecule has 1 unspecified atom stereocenters. The number of benzene rings is 1. The highest BCUT2D eigenvalue weighted by atomic mass is 35.5. The molecule has 0 spiro atoms. The summed E-state index contributed by atoms with van der Waals surface area (Å²) in [6.45, 7) is 2.09. The Morgan fingerprint density at radius 3 is 3.06 bits per heavy atom. The van der Waals surface area contributed by atoms with E-state index in [1.54, 1.807) is 11.3 Å². The Kier molecular flexibility index (Phi) is 2.97. The molecule has 0 radical (unpaired) electrons. The summed E-state index contributed by atoms with van der Waals surface area (Å²) in [5.41, 5.74) is 2.00. The predicted molar refractivity (Wildman–Crippen MR) is 78.1 cm³/mol. The molecular weight excluding hydrogens is 286 g/mol. The number of fused-ring (bicyclic) bond motifs is 1. The van der Waals surface area contributed by atoms with E-state index in [0.717, 1.165) is 16.0 Å². The molecule has 0 saturated carbocycles. The molecular formula is C12H10ClN3S2. The van der Waals surface area contributed by atoms with E-state index in [1.165, 1.54) is 0 Å². The number of aromatic amines is 1. The van der Waals surface area contributed by atoms with Crippen molar-refractivity contribution in [2.75, 3.05) is 0 Å². The van der Waals surface area contributed by atoms with Gasteiger partial charge < -0.3 is 9.55 Å². The van der Waals surface area contributed by atoms with Crippen LogP contribution in [0.15, 0.2) is 29.8 Å². The van der Waals surface area contributed by atoms with Gasteiger partial charge in [0.15, 0.2) is 4.77 Å². The van der Waals surface area contributed by atoms with Gasteiger partial charge in [0.2, 0.25) is 0 Å². The SMILES string of the molecule is CC(c1nccs1)n1c(=S)[nH]c2ccc(Cl)cc21. The first-order valence-corrected chi connectivity index (χ1v) is 7.12. The molecule has 3 nitrogen and oxygen atoms in total. The van der Waals surface area contributed by atoms with Crippen LogP contribution in [0.3, 0.4) is 0 Å². The van der Waals surface area contributed by atoms with Crippen molar-refractivity contribution in [1.82, 2.24) is 14.5 Å². The van der Waals surface area contributed by atoms with E-state index in [9.17, 15) is 0 Å². The Hall–Kier alpha value is -1.17. The number of aromatic nitrogens is 3. The Balaban J connectivity index is 2.25. The molecule has 1 atom stereocenters. The molecule has 92 valence electrons. The Bertz CT molecular complexity index is 742. The molecule has 0 aliphatic heterocycles. The third-order valence-corrected chi connectivity index (χ3v) is 4.36. The average Bonchev–Trinajstić information content (AvgIpc) is 2.94. The average molecular weight is 296 g/mol. The number of thiazole rings is 1. The van der Waals surface area contributed by atoms with Crippen molar-refractivity contribution in [3.8, 4) is 0 Å². The van der Waals surface area contributed by atoms with E-state index in [0.29, 0.717) is 9.79 Å². The highest BCUT2D eigenvalue weighted by molar-refractivity contribution is 7.71. The Morgan fingerprint density at radius 2 is 2.33 bits per heavy atom. The van der Waals surface area contributed by atoms with Crippen LogP contribution in [0.2, 0.25) is 5.02 Å². The fourth-order valence-electron chi connectivity index (χ4n) is 2.03. The van der Waals surface area contributed by atoms with Crippen LogP contribution in [0.1, 0.15) is 18.0 Å². The molecule has 1 N–H and O–H groups in total. The number of H-pyrrole nitrogens is 1. The predicted octanol–water partition coefficient (Wildman–Crippen LogP) is 4.42. The van der Waals surface area contributed by atoms with E-state index in [-0.39, 0.29) is 6.04 Å². The molecule has 0 bridgehead atoms. The van der Waals surface area contributed by atoms with Gasteiger partial charge >= 0.3 is 0 Å². The molecule has 2 aromatic heterocycles. The van der Waals surface area contributed by atoms with Crippen molar-refractivity contribution in [3.63, 3.8) is 0 Å². The second-order valence-electron chi connectivity index (χ2n) is 4.01. The van der Waals surface area contributed by atoms with Crippen LogP contribution in [0.25, 0.3) is 11.0 Å². The number of nitrogens with zero attached hydrogens (tertiary/aromatic N) is 2. The van der Waals surface area contributed by atoms with E-state index >= 15 is 0 Å². The summed E-state index contributed by atoms with van der Waals surface area (Å²) in [6.07, 6.45) is 1.81. The van der Waals surface area contributed by atoms with Gasteiger partial charge in [-0.25, -0.2) is 4.98 Å². The molecule has 0 fully saturated rings. The summed E-state index contributed by atoms with van der Waals surface area (Å²) >= 11 is 13.1. The fraction of sp³-hybridized carbons (Fsp3) is 0.167. The summed E-state index contributed by atoms with van der Waals surface area (Å²) in [5.74, 6) is 0. The molecule has 0 saturated heterocycles.